The molecule has 22 heavy (non-hydrogen) atoms. The third-order valence-electron chi connectivity index (χ3n) is 4.30. The smallest absolute Gasteiger partial charge is 0.330 e. The fourth-order valence-corrected chi connectivity index (χ4v) is 3.22. The molecule has 3 rings (SSSR count). The van der Waals surface area contributed by atoms with E-state index < -0.39 is 35.3 Å². The van der Waals surface area contributed by atoms with Crippen molar-refractivity contribution >= 4 is 0 Å². The number of ether oxygens (including phenoxy) is 3. The lowest BCUT2D eigenvalue weighted by atomic mass is 9.89. The van der Waals surface area contributed by atoms with Crippen LogP contribution >= 0.6 is 0 Å². The fourth-order valence-electron chi connectivity index (χ4n) is 3.22. The van der Waals surface area contributed by atoms with E-state index in [0.717, 1.165) is 0 Å². The first-order valence-electron chi connectivity index (χ1n) is 6.96. The minimum Gasteiger partial charge on any atom is -0.375 e. The van der Waals surface area contributed by atoms with Gasteiger partial charge >= 0.3 is 5.69 Å². The summed E-state index contributed by atoms with van der Waals surface area (Å²) in [6.07, 6.45) is 0.0234. The van der Waals surface area contributed by atoms with E-state index in [1.165, 1.54) is 17.9 Å². The molecule has 2 aliphatic heterocycles. The fraction of sp³-hybridized carbons (Fsp3) is 0.692. The van der Waals surface area contributed by atoms with Crippen molar-refractivity contribution in [3.05, 3.63) is 37.5 Å². The molecule has 0 saturated carbocycles. The molecule has 0 amide bonds. The van der Waals surface area contributed by atoms with Gasteiger partial charge in [0.15, 0.2) is 6.23 Å². The highest BCUT2D eigenvalue weighted by Crippen LogP contribution is 2.45. The molecule has 0 radical (unpaired) electrons. The van der Waals surface area contributed by atoms with E-state index in [1.807, 2.05) is 0 Å². The number of hydrogen-bond acceptors (Lipinski definition) is 7. The summed E-state index contributed by atoms with van der Waals surface area (Å²) in [5, 5.41) is 2.95. The number of nitroso groups, excluding NO2 is 1. The zero-order chi connectivity index (χ0) is 15.9. The number of H-pyrrole nitrogens is 1. The molecular weight excluding hydrogens is 294 g/mol. The minimum atomic E-state index is -0.909. The van der Waals surface area contributed by atoms with Crippen molar-refractivity contribution in [3.63, 3.8) is 0 Å². The van der Waals surface area contributed by atoms with Crippen molar-refractivity contribution < 1.29 is 14.2 Å². The van der Waals surface area contributed by atoms with Gasteiger partial charge in [-0.15, -0.1) is 0 Å². The Morgan fingerprint density at radius 1 is 1.55 bits per heavy atom. The predicted molar refractivity (Wildman–Crippen MR) is 74.7 cm³/mol. The van der Waals surface area contributed by atoms with Crippen LogP contribution in [-0.4, -0.2) is 47.6 Å². The second-order valence-corrected chi connectivity index (χ2v) is 5.58. The van der Waals surface area contributed by atoms with Gasteiger partial charge in [0.25, 0.3) is 5.56 Å². The van der Waals surface area contributed by atoms with Gasteiger partial charge in [0.05, 0.1) is 6.61 Å². The quantitative estimate of drug-likeness (QED) is 0.763. The Hall–Kier alpha value is -1.84. The highest BCUT2D eigenvalue weighted by molar-refractivity contribution is 5.09. The number of aromatic nitrogens is 2. The van der Waals surface area contributed by atoms with Crippen LogP contribution in [0, 0.1) is 11.8 Å². The van der Waals surface area contributed by atoms with Gasteiger partial charge < -0.3 is 14.2 Å². The van der Waals surface area contributed by atoms with E-state index in [1.54, 1.807) is 6.92 Å². The lowest BCUT2D eigenvalue weighted by Gasteiger charge is -2.35. The van der Waals surface area contributed by atoms with E-state index >= 15 is 0 Å². The van der Waals surface area contributed by atoms with Crippen LogP contribution in [0.5, 0.6) is 0 Å². The largest absolute Gasteiger partial charge is 0.375 e. The Balaban J connectivity index is 2.06. The predicted octanol–water partition coefficient (Wildman–Crippen LogP) is -0.317. The van der Waals surface area contributed by atoms with Crippen LogP contribution in [0.3, 0.4) is 0 Å². The second kappa shape index (κ2) is 5.41. The molecule has 0 aliphatic carbocycles. The van der Waals surface area contributed by atoms with Gasteiger partial charge in [0, 0.05) is 25.3 Å². The normalized spacial score (nSPS) is 33.8. The van der Waals surface area contributed by atoms with Crippen LogP contribution in [-0.2, 0) is 14.2 Å². The number of methoxy groups -OCH3 is 1. The first-order valence-corrected chi connectivity index (χ1v) is 6.96. The third kappa shape index (κ3) is 2.13. The average molecular weight is 311 g/mol. The van der Waals surface area contributed by atoms with Gasteiger partial charge in [0.1, 0.15) is 24.4 Å². The van der Waals surface area contributed by atoms with E-state index in [2.05, 4.69) is 10.2 Å². The number of nitrogens with zero attached hydrogens (tertiary/aromatic N) is 2. The summed E-state index contributed by atoms with van der Waals surface area (Å²) in [6.45, 7) is 1.89. The number of hydrogen-bond donors (Lipinski definition) is 1. The van der Waals surface area contributed by atoms with E-state index in [-0.39, 0.29) is 6.54 Å². The molecule has 4 atom stereocenters. The molecule has 2 fully saturated rings. The molecule has 2 aliphatic rings. The Kier molecular flexibility index (Phi) is 3.71. The summed E-state index contributed by atoms with van der Waals surface area (Å²) in [6, 6.07) is 0. The van der Waals surface area contributed by atoms with Crippen molar-refractivity contribution in [1.82, 2.24) is 9.55 Å². The lowest BCUT2D eigenvalue weighted by molar-refractivity contribution is -0.129. The summed E-state index contributed by atoms with van der Waals surface area (Å²) < 4.78 is 18.4. The van der Waals surface area contributed by atoms with E-state index in [9.17, 15) is 14.5 Å². The van der Waals surface area contributed by atoms with Crippen LogP contribution < -0.4 is 11.2 Å². The SMILES string of the molecule is COC1C2OCC[C@]1(CN=O)OC2n1cc(C)c(=O)[nH]c1=O. The summed E-state index contributed by atoms with van der Waals surface area (Å²) in [5.74, 6) is 0. The first-order chi connectivity index (χ1) is 10.5. The summed E-state index contributed by atoms with van der Waals surface area (Å²) in [5.41, 5.74) is -1.58. The summed E-state index contributed by atoms with van der Waals surface area (Å²) >= 11 is 0. The van der Waals surface area contributed by atoms with Crippen LogP contribution in [0.15, 0.2) is 21.0 Å². The number of nitrogens with one attached hydrogen (secondary N) is 1. The minimum absolute atomic E-state index is 0.0844. The standard InChI is InChI=1S/C13H17N3O6/c1-7-5-16(12(18)15-10(7)17)11-8-9(20-2)13(22-11,6-14-19)3-4-21-8/h5,8-9,11H,3-4,6H2,1-2H3,(H,15,17,18)/t8?,9?,11?,13-/m1/s1. The van der Waals surface area contributed by atoms with Crippen molar-refractivity contribution in [3.8, 4) is 0 Å². The number of aromatic amines is 1. The van der Waals surface area contributed by atoms with Crippen LogP contribution in [0.2, 0.25) is 0 Å². The summed E-state index contributed by atoms with van der Waals surface area (Å²) in [7, 11) is 1.50. The van der Waals surface area contributed by atoms with E-state index in [4.69, 9.17) is 14.2 Å². The molecule has 3 unspecified atom stereocenters. The number of fused-ring (bicyclic) bond motifs is 2. The molecule has 3 heterocycles. The molecular formula is C13H17N3O6. The van der Waals surface area contributed by atoms with Crippen molar-refractivity contribution in [2.24, 2.45) is 5.18 Å². The number of rotatable bonds is 4. The molecule has 1 N–H and O–H groups in total. The Morgan fingerprint density at radius 2 is 2.32 bits per heavy atom. The zero-order valence-corrected chi connectivity index (χ0v) is 12.3. The molecule has 1 aromatic heterocycles. The average Bonchev–Trinajstić information content (AvgIpc) is 2.65. The molecule has 2 bridgehead atoms. The third-order valence-corrected chi connectivity index (χ3v) is 4.30. The molecule has 1 aromatic rings. The molecule has 0 aromatic carbocycles. The maximum Gasteiger partial charge on any atom is 0.330 e. The number of aryl methyl sites for hydroxylation is 1. The highest BCUT2D eigenvalue weighted by Gasteiger charge is 2.59. The van der Waals surface area contributed by atoms with Gasteiger partial charge in [-0.3, -0.25) is 14.3 Å². The van der Waals surface area contributed by atoms with Gasteiger partial charge in [0.2, 0.25) is 0 Å². The van der Waals surface area contributed by atoms with Gasteiger partial charge in [-0.1, -0.05) is 5.18 Å². The monoisotopic (exact) mass is 311 g/mol. The Morgan fingerprint density at radius 3 is 3.00 bits per heavy atom. The van der Waals surface area contributed by atoms with E-state index in [0.29, 0.717) is 18.6 Å². The lowest BCUT2D eigenvalue weighted by Crippen LogP contribution is -2.52. The maximum absolute atomic E-state index is 12.1. The molecule has 9 nitrogen and oxygen atoms in total. The van der Waals surface area contributed by atoms with Crippen LogP contribution in [0.1, 0.15) is 18.2 Å². The zero-order valence-electron chi connectivity index (χ0n) is 12.3. The Labute approximate surface area is 125 Å². The van der Waals surface area contributed by atoms with Crippen LogP contribution in [0.25, 0.3) is 0 Å². The summed E-state index contributed by atoms with van der Waals surface area (Å²) in [4.78, 5) is 36.6. The molecule has 120 valence electrons. The highest BCUT2D eigenvalue weighted by atomic mass is 16.6. The topological polar surface area (TPSA) is 112 Å². The first kappa shape index (κ1) is 15.1. The molecule has 0 spiro atoms. The van der Waals surface area contributed by atoms with Crippen LogP contribution in [0.4, 0.5) is 0 Å². The molecule has 2 saturated heterocycles. The Bertz CT molecular complexity index is 698. The van der Waals surface area contributed by atoms with Crippen molar-refractivity contribution in [2.75, 3.05) is 20.3 Å². The maximum atomic E-state index is 12.1. The van der Waals surface area contributed by atoms with Gasteiger partial charge in [-0.2, -0.15) is 4.91 Å². The molecule has 9 heteroatoms. The second-order valence-electron chi connectivity index (χ2n) is 5.58. The van der Waals surface area contributed by atoms with Crippen molar-refractivity contribution in [2.45, 2.75) is 37.4 Å². The van der Waals surface area contributed by atoms with Gasteiger partial charge in [-0.25, -0.2) is 4.79 Å². The van der Waals surface area contributed by atoms with Gasteiger partial charge in [-0.05, 0) is 6.92 Å². The van der Waals surface area contributed by atoms with Crippen molar-refractivity contribution in [1.29, 1.82) is 0 Å².